The molecule has 1 saturated heterocycles. The van der Waals surface area contributed by atoms with E-state index >= 15 is 0 Å². The summed E-state index contributed by atoms with van der Waals surface area (Å²) in [6.07, 6.45) is 3.63. The first-order valence-corrected chi connectivity index (χ1v) is 10.7. The average Bonchev–Trinajstić information content (AvgIpc) is 3.11. The van der Waals surface area contributed by atoms with E-state index in [1.165, 1.54) is 0 Å². The molecule has 1 amide bonds. The van der Waals surface area contributed by atoms with Crippen molar-refractivity contribution < 1.29 is 4.79 Å². The maximum absolute atomic E-state index is 13.9. The third-order valence-corrected chi connectivity index (χ3v) is 6.21. The van der Waals surface area contributed by atoms with E-state index in [-0.39, 0.29) is 5.91 Å². The van der Waals surface area contributed by atoms with Gasteiger partial charge in [0.15, 0.2) is 0 Å². The molecule has 2 aromatic carbocycles. The minimum Gasteiger partial charge on any atom is -0.368 e. The van der Waals surface area contributed by atoms with Gasteiger partial charge in [-0.25, -0.2) is 0 Å². The monoisotopic (exact) mass is 410 g/mol. The number of amides is 1. The Labute approximate surface area is 182 Å². The van der Waals surface area contributed by atoms with Crippen molar-refractivity contribution in [3.05, 3.63) is 84.2 Å². The van der Waals surface area contributed by atoms with E-state index in [9.17, 15) is 4.79 Å². The highest BCUT2D eigenvalue weighted by Crippen LogP contribution is 2.34. The third kappa shape index (κ3) is 3.46. The van der Waals surface area contributed by atoms with Crippen LogP contribution in [0.4, 0.5) is 5.69 Å². The van der Waals surface area contributed by atoms with Gasteiger partial charge in [0.1, 0.15) is 0 Å². The van der Waals surface area contributed by atoms with Gasteiger partial charge in [-0.3, -0.25) is 9.78 Å². The molecule has 0 bridgehead atoms. The van der Waals surface area contributed by atoms with Gasteiger partial charge >= 0.3 is 0 Å². The van der Waals surface area contributed by atoms with E-state index in [2.05, 4.69) is 58.8 Å². The molecule has 0 atom stereocenters. The fourth-order valence-electron chi connectivity index (χ4n) is 4.59. The molecule has 0 radical (unpaired) electrons. The molecule has 0 N–H and O–H groups in total. The third-order valence-electron chi connectivity index (χ3n) is 6.21. The van der Waals surface area contributed by atoms with E-state index in [1.54, 1.807) is 0 Å². The molecule has 4 aromatic rings. The number of aryl methyl sites for hydroxylation is 2. The van der Waals surface area contributed by atoms with Crippen LogP contribution in [0.3, 0.4) is 0 Å². The van der Waals surface area contributed by atoms with Gasteiger partial charge in [-0.1, -0.05) is 42.0 Å². The standard InChI is InChI=1S/C26H26N4O/c1-19-8-9-23-22(18-19)24(25(28(23)2)20-6-4-3-5-7-20)26(31)30-16-14-29(15-17-30)21-10-12-27-13-11-21/h3-13,18H,14-17H2,1-2H3. The predicted molar refractivity (Wildman–Crippen MR) is 125 cm³/mol. The Morgan fingerprint density at radius 1 is 0.903 bits per heavy atom. The summed E-state index contributed by atoms with van der Waals surface area (Å²) >= 11 is 0. The zero-order valence-electron chi connectivity index (χ0n) is 18.0. The Morgan fingerprint density at radius 3 is 2.32 bits per heavy atom. The number of nitrogens with zero attached hydrogens (tertiary/aromatic N) is 4. The van der Waals surface area contributed by atoms with Crippen LogP contribution in [0.15, 0.2) is 73.1 Å². The molecule has 2 aromatic heterocycles. The Morgan fingerprint density at radius 2 is 1.61 bits per heavy atom. The van der Waals surface area contributed by atoms with Crippen LogP contribution in [0.5, 0.6) is 0 Å². The highest BCUT2D eigenvalue weighted by atomic mass is 16.2. The SMILES string of the molecule is Cc1ccc2c(c1)c(C(=O)N1CCN(c3ccncc3)CC1)c(-c1ccccc1)n2C. The molecule has 31 heavy (non-hydrogen) atoms. The number of pyridine rings is 1. The van der Waals surface area contributed by atoms with Crippen molar-refractivity contribution in [3.8, 4) is 11.3 Å². The molecule has 0 unspecified atom stereocenters. The summed E-state index contributed by atoms with van der Waals surface area (Å²) in [5.74, 6) is 0.115. The van der Waals surface area contributed by atoms with Crippen molar-refractivity contribution in [2.75, 3.05) is 31.1 Å². The minimum atomic E-state index is 0.115. The number of hydrogen-bond acceptors (Lipinski definition) is 3. The molecule has 3 heterocycles. The maximum Gasteiger partial charge on any atom is 0.256 e. The number of carbonyl (C=O) groups excluding carboxylic acids is 1. The van der Waals surface area contributed by atoms with Crippen LogP contribution in [0, 0.1) is 6.92 Å². The molecule has 0 saturated carbocycles. The van der Waals surface area contributed by atoms with Crippen LogP contribution >= 0.6 is 0 Å². The van der Waals surface area contributed by atoms with Crippen molar-refractivity contribution in [1.29, 1.82) is 0 Å². The highest BCUT2D eigenvalue weighted by molar-refractivity contribution is 6.13. The first-order chi connectivity index (χ1) is 15.1. The van der Waals surface area contributed by atoms with Crippen molar-refractivity contribution in [2.45, 2.75) is 6.92 Å². The zero-order valence-corrected chi connectivity index (χ0v) is 18.0. The summed E-state index contributed by atoms with van der Waals surface area (Å²) in [6.45, 7) is 5.13. The smallest absolute Gasteiger partial charge is 0.256 e. The second kappa shape index (κ2) is 7.91. The molecule has 5 nitrogen and oxygen atoms in total. The molecule has 5 heteroatoms. The number of piperazine rings is 1. The highest BCUT2D eigenvalue weighted by Gasteiger charge is 2.28. The number of anilines is 1. The topological polar surface area (TPSA) is 41.4 Å². The normalized spacial score (nSPS) is 14.3. The van der Waals surface area contributed by atoms with E-state index in [4.69, 9.17) is 0 Å². The fraction of sp³-hybridized carbons (Fsp3) is 0.231. The van der Waals surface area contributed by atoms with Gasteiger partial charge in [-0.05, 0) is 36.8 Å². The number of hydrogen-bond donors (Lipinski definition) is 0. The average molecular weight is 411 g/mol. The van der Waals surface area contributed by atoms with Crippen molar-refractivity contribution in [3.63, 3.8) is 0 Å². The van der Waals surface area contributed by atoms with Gasteiger partial charge in [0.05, 0.1) is 11.3 Å². The van der Waals surface area contributed by atoms with Crippen LogP contribution in [0.25, 0.3) is 22.2 Å². The fourth-order valence-corrected chi connectivity index (χ4v) is 4.59. The van der Waals surface area contributed by atoms with Crippen LogP contribution in [-0.2, 0) is 7.05 Å². The summed E-state index contributed by atoms with van der Waals surface area (Å²) in [6, 6.07) is 20.7. The number of rotatable bonds is 3. The quantitative estimate of drug-likeness (QED) is 0.499. The van der Waals surface area contributed by atoms with Crippen molar-refractivity contribution in [1.82, 2.24) is 14.5 Å². The molecule has 1 aliphatic rings. The Balaban J connectivity index is 1.52. The van der Waals surface area contributed by atoms with Gasteiger partial charge in [-0.15, -0.1) is 0 Å². The van der Waals surface area contributed by atoms with E-state index in [0.29, 0.717) is 13.1 Å². The lowest BCUT2D eigenvalue weighted by atomic mass is 10.0. The largest absolute Gasteiger partial charge is 0.368 e. The lowest BCUT2D eigenvalue weighted by molar-refractivity contribution is 0.0749. The predicted octanol–water partition coefficient (Wildman–Crippen LogP) is 4.51. The van der Waals surface area contributed by atoms with Gasteiger partial charge in [0.2, 0.25) is 0 Å². The number of aromatic nitrogens is 2. The van der Waals surface area contributed by atoms with Gasteiger partial charge in [-0.2, -0.15) is 0 Å². The van der Waals surface area contributed by atoms with Crippen LogP contribution < -0.4 is 4.90 Å². The summed E-state index contributed by atoms with van der Waals surface area (Å²) < 4.78 is 2.16. The van der Waals surface area contributed by atoms with Gasteiger partial charge < -0.3 is 14.4 Å². The molecule has 5 rings (SSSR count). The number of carbonyl (C=O) groups is 1. The molecular weight excluding hydrogens is 384 g/mol. The molecule has 1 fully saturated rings. The van der Waals surface area contributed by atoms with Crippen molar-refractivity contribution >= 4 is 22.5 Å². The molecular formula is C26H26N4O. The van der Waals surface area contributed by atoms with E-state index in [0.717, 1.165) is 52.1 Å². The maximum atomic E-state index is 13.9. The summed E-state index contributed by atoms with van der Waals surface area (Å²) in [4.78, 5) is 22.3. The van der Waals surface area contributed by atoms with Crippen LogP contribution in [0.1, 0.15) is 15.9 Å². The zero-order chi connectivity index (χ0) is 21.4. The molecule has 1 aliphatic heterocycles. The van der Waals surface area contributed by atoms with E-state index < -0.39 is 0 Å². The summed E-state index contributed by atoms with van der Waals surface area (Å²) in [5.41, 5.74) is 6.27. The Bertz CT molecular complexity index is 1220. The number of benzene rings is 2. The van der Waals surface area contributed by atoms with Crippen molar-refractivity contribution in [2.24, 2.45) is 7.05 Å². The molecule has 156 valence electrons. The second-order valence-corrected chi connectivity index (χ2v) is 8.15. The van der Waals surface area contributed by atoms with Crippen LogP contribution in [0.2, 0.25) is 0 Å². The van der Waals surface area contributed by atoms with Gasteiger partial charge in [0.25, 0.3) is 5.91 Å². The minimum absolute atomic E-state index is 0.115. The summed E-state index contributed by atoms with van der Waals surface area (Å²) in [7, 11) is 2.05. The Kier molecular flexibility index (Phi) is 4.94. The van der Waals surface area contributed by atoms with E-state index in [1.807, 2.05) is 47.6 Å². The summed E-state index contributed by atoms with van der Waals surface area (Å²) in [5, 5.41) is 1.03. The first kappa shape index (κ1) is 19.4. The lowest BCUT2D eigenvalue weighted by Gasteiger charge is -2.36. The lowest BCUT2D eigenvalue weighted by Crippen LogP contribution is -2.48. The number of fused-ring (bicyclic) bond motifs is 1. The van der Waals surface area contributed by atoms with Crippen LogP contribution in [-0.4, -0.2) is 46.5 Å². The molecule has 0 spiro atoms. The second-order valence-electron chi connectivity index (χ2n) is 8.15. The molecule has 0 aliphatic carbocycles. The van der Waals surface area contributed by atoms with Gasteiger partial charge in [0, 0.05) is 62.2 Å². The Hall–Kier alpha value is -3.60. The first-order valence-electron chi connectivity index (χ1n) is 10.7.